The second-order valence-corrected chi connectivity index (χ2v) is 5.96. The van der Waals surface area contributed by atoms with Crippen molar-refractivity contribution in [1.29, 1.82) is 0 Å². The summed E-state index contributed by atoms with van der Waals surface area (Å²) in [5, 5.41) is 13.7. The van der Waals surface area contributed by atoms with E-state index in [9.17, 15) is 5.11 Å². The van der Waals surface area contributed by atoms with Crippen molar-refractivity contribution in [2.24, 2.45) is 5.92 Å². The van der Waals surface area contributed by atoms with Crippen molar-refractivity contribution in [1.82, 2.24) is 10.2 Å². The molecule has 1 saturated heterocycles. The number of aliphatic hydroxyl groups excluding tert-OH is 1. The standard InChI is InChI=1S/C15H32N2O/c1-5-13(6-2)15(18)11-16-14-7-9-17(10-8-14)12(3)4/h12-16,18H,5-11H2,1-4H3. The molecule has 18 heavy (non-hydrogen) atoms. The highest BCUT2D eigenvalue weighted by Crippen LogP contribution is 2.15. The third-order valence-electron chi connectivity index (χ3n) is 4.47. The van der Waals surface area contributed by atoms with Gasteiger partial charge in [-0.25, -0.2) is 0 Å². The number of aliphatic hydroxyl groups is 1. The summed E-state index contributed by atoms with van der Waals surface area (Å²) in [7, 11) is 0. The van der Waals surface area contributed by atoms with E-state index < -0.39 is 0 Å². The highest BCUT2D eigenvalue weighted by molar-refractivity contribution is 4.80. The Morgan fingerprint density at radius 3 is 2.17 bits per heavy atom. The fraction of sp³-hybridized carbons (Fsp3) is 1.00. The van der Waals surface area contributed by atoms with Gasteiger partial charge in [0, 0.05) is 18.6 Å². The van der Waals surface area contributed by atoms with Gasteiger partial charge in [-0.3, -0.25) is 0 Å². The highest BCUT2D eigenvalue weighted by atomic mass is 16.3. The minimum atomic E-state index is -0.178. The van der Waals surface area contributed by atoms with E-state index in [1.807, 2.05) is 0 Å². The summed E-state index contributed by atoms with van der Waals surface area (Å²) in [6.07, 6.45) is 4.40. The summed E-state index contributed by atoms with van der Waals surface area (Å²) in [6, 6.07) is 1.27. The Balaban J connectivity index is 2.21. The molecule has 1 unspecified atom stereocenters. The van der Waals surface area contributed by atoms with Crippen LogP contribution in [0.4, 0.5) is 0 Å². The van der Waals surface area contributed by atoms with Crippen LogP contribution in [-0.4, -0.2) is 47.8 Å². The molecule has 1 rings (SSSR count). The summed E-state index contributed by atoms with van der Waals surface area (Å²) >= 11 is 0. The zero-order valence-corrected chi connectivity index (χ0v) is 12.7. The van der Waals surface area contributed by atoms with Gasteiger partial charge in [0.25, 0.3) is 0 Å². The fourth-order valence-electron chi connectivity index (χ4n) is 2.91. The number of hydrogen-bond acceptors (Lipinski definition) is 3. The van der Waals surface area contributed by atoms with Crippen LogP contribution in [0.3, 0.4) is 0 Å². The van der Waals surface area contributed by atoms with E-state index in [0.29, 0.717) is 18.0 Å². The lowest BCUT2D eigenvalue weighted by Crippen LogP contribution is -2.47. The zero-order chi connectivity index (χ0) is 13.5. The van der Waals surface area contributed by atoms with Gasteiger partial charge in [0.1, 0.15) is 0 Å². The maximum Gasteiger partial charge on any atom is 0.0692 e. The van der Waals surface area contributed by atoms with E-state index in [1.54, 1.807) is 0 Å². The van der Waals surface area contributed by atoms with Crippen LogP contribution >= 0.6 is 0 Å². The molecular formula is C15H32N2O. The lowest BCUT2D eigenvalue weighted by molar-refractivity contribution is 0.0906. The van der Waals surface area contributed by atoms with Gasteiger partial charge in [0.2, 0.25) is 0 Å². The van der Waals surface area contributed by atoms with Crippen LogP contribution < -0.4 is 5.32 Å². The monoisotopic (exact) mass is 256 g/mol. The van der Waals surface area contributed by atoms with Gasteiger partial charge >= 0.3 is 0 Å². The topological polar surface area (TPSA) is 35.5 Å². The predicted octanol–water partition coefficient (Wildman–Crippen LogP) is 2.25. The molecule has 0 radical (unpaired) electrons. The Kier molecular flexibility index (Phi) is 7.20. The number of piperidine rings is 1. The van der Waals surface area contributed by atoms with Crippen molar-refractivity contribution in [3.8, 4) is 0 Å². The molecule has 0 saturated carbocycles. The Morgan fingerprint density at radius 2 is 1.72 bits per heavy atom. The molecule has 1 aliphatic rings. The fourth-order valence-corrected chi connectivity index (χ4v) is 2.91. The van der Waals surface area contributed by atoms with E-state index in [2.05, 4.69) is 37.9 Å². The molecule has 0 bridgehead atoms. The molecule has 0 spiro atoms. The van der Waals surface area contributed by atoms with Crippen LogP contribution in [0, 0.1) is 5.92 Å². The van der Waals surface area contributed by atoms with Gasteiger partial charge in [-0.05, 0) is 45.7 Å². The van der Waals surface area contributed by atoms with Crippen molar-refractivity contribution in [2.75, 3.05) is 19.6 Å². The first-order chi connectivity index (χ1) is 8.58. The minimum absolute atomic E-state index is 0.178. The Labute approximate surface area is 113 Å². The highest BCUT2D eigenvalue weighted by Gasteiger charge is 2.22. The molecule has 3 nitrogen and oxygen atoms in total. The van der Waals surface area contributed by atoms with Gasteiger partial charge in [-0.1, -0.05) is 26.7 Å². The minimum Gasteiger partial charge on any atom is -0.392 e. The Hall–Kier alpha value is -0.120. The molecule has 1 heterocycles. The van der Waals surface area contributed by atoms with Crippen molar-refractivity contribution in [3.05, 3.63) is 0 Å². The van der Waals surface area contributed by atoms with Gasteiger partial charge in [-0.15, -0.1) is 0 Å². The van der Waals surface area contributed by atoms with E-state index in [4.69, 9.17) is 0 Å². The molecule has 0 amide bonds. The molecule has 0 aliphatic carbocycles. The number of nitrogens with zero attached hydrogens (tertiary/aromatic N) is 1. The van der Waals surface area contributed by atoms with Gasteiger partial charge in [0.05, 0.1) is 6.10 Å². The molecule has 2 N–H and O–H groups in total. The molecule has 1 fully saturated rings. The molecular weight excluding hydrogens is 224 g/mol. The third-order valence-corrected chi connectivity index (χ3v) is 4.47. The SMILES string of the molecule is CCC(CC)C(O)CNC1CCN(C(C)C)CC1. The van der Waals surface area contributed by atoms with E-state index in [-0.39, 0.29) is 6.10 Å². The second-order valence-electron chi connectivity index (χ2n) is 5.96. The largest absolute Gasteiger partial charge is 0.392 e. The lowest BCUT2D eigenvalue weighted by Gasteiger charge is -2.35. The van der Waals surface area contributed by atoms with Gasteiger partial charge in [-0.2, -0.15) is 0 Å². The van der Waals surface area contributed by atoms with Crippen LogP contribution in [0.25, 0.3) is 0 Å². The van der Waals surface area contributed by atoms with E-state index in [0.717, 1.165) is 19.4 Å². The smallest absolute Gasteiger partial charge is 0.0692 e. The first kappa shape index (κ1) is 15.9. The quantitative estimate of drug-likeness (QED) is 0.733. The first-order valence-electron chi connectivity index (χ1n) is 7.73. The van der Waals surface area contributed by atoms with Crippen LogP contribution in [-0.2, 0) is 0 Å². The average molecular weight is 256 g/mol. The van der Waals surface area contributed by atoms with Crippen molar-refractivity contribution in [3.63, 3.8) is 0 Å². The number of nitrogens with one attached hydrogen (secondary N) is 1. The summed E-state index contributed by atoms with van der Waals surface area (Å²) in [5.74, 6) is 0.452. The molecule has 1 atom stereocenters. The molecule has 0 aromatic carbocycles. The van der Waals surface area contributed by atoms with Crippen molar-refractivity contribution in [2.45, 2.75) is 71.6 Å². The molecule has 1 aliphatic heterocycles. The van der Waals surface area contributed by atoms with E-state index >= 15 is 0 Å². The molecule has 3 heteroatoms. The van der Waals surface area contributed by atoms with Crippen molar-refractivity contribution >= 4 is 0 Å². The summed E-state index contributed by atoms with van der Waals surface area (Å²) in [6.45, 7) is 12.0. The second kappa shape index (κ2) is 8.13. The summed E-state index contributed by atoms with van der Waals surface area (Å²) in [4.78, 5) is 2.54. The maximum absolute atomic E-state index is 10.1. The summed E-state index contributed by atoms with van der Waals surface area (Å²) in [5.41, 5.74) is 0. The predicted molar refractivity (Wildman–Crippen MR) is 77.8 cm³/mol. The maximum atomic E-state index is 10.1. The van der Waals surface area contributed by atoms with E-state index in [1.165, 1.54) is 25.9 Å². The zero-order valence-electron chi connectivity index (χ0n) is 12.7. The van der Waals surface area contributed by atoms with Gasteiger partial charge < -0.3 is 15.3 Å². The van der Waals surface area contributed by atoms with Crippen LogP contribution in [0.1, 0.15) is 53.4 Å². The normalized spacial score (nSPS) is 20.8. The summed E-state index contributed by atoms with van der Waals surface area (Å²) < 4.78 is 0. The van der Waals surface area contributed by atoms with Crippen LogP contribution in [0.2, 0.25) is 0 Å². The third kappa shape index (κ3) is 4.87. The Bertz CT molecular complexity index is 209. The number of likely N-dealkylation sites (tertiary alicyclic amines) is 1. The van der Waals surface area contributed by atoms with Crippen molar-refractivity contribution < 1.29 is 5.11 Å². The molecule has 0 aromatic rings. The Morgan fingerprint density at radius 1 is 1.17 bits per heavy atom. The van der Waals surface area contributed by atoms with Crippen LogP contribution in [0.15, 0.2) is 0 Å². The van der Waals surface area contributed by atoms with Gasteiger partial charge in [0.15, 0.2) is 0 Å². The number of hydrogen-bond donors (Lipinski definition) is 2. The molecule has 0 aromatic heterocycles. The molecule has 108 valence electrons. The van der Waals surface area contributed by atoms with Crippen LogP contribution in [0.5, 0.6) is 0 Å². The lowest BCUT2D eigenvalue weighted by atomic mass is 9.96. The number of rotatable bonds is 7. The average Bonchev–Trinajstić information content (AvgIpc) is 2.38. The first-order valence-corrected chi connectivity index (χ1v) is 7.73.